The van der Waals surface area contributed by atoms with Gasteiger partial charge in [0, 0.05) is 29.5 Å². The van der Waals surface area contributed by atoms with E-state index in [1.165, 1.54) is 0 Å². The maximum atomic E-state index is 12.6. The Hall–Kier alpha value is -2.68. The first-order chi connectivity index (χ1) is 11.4. The van der Waals surface area contributed by atoms with Crippen molar-refractivity contribution in [3.63, 3.8) is 0 Å². The molecule has 0 fully saturated rings. The molecule has 122 valence electrons. The van der Waals surface area contributed by atoms with Gasteiger partial charge in [0.25, 0.3) is 0 Å². The van der Waals surface area contributed by atoms with Crippen LogP contribution in [-0.4, -0.2) is 5.91 Å². The Kier molecular flexibility index (Phi) is 4.34. The van der Waals surface area contributed by atoms with Gasteiger partial charge in [-0.15, -0.1) is 5.43 Å². The van der Waals surface area contributed by atoms with Gasteiger partial charge in [-0.3, -0.25) is 4.79 Å². The lowest BCUT2D eigenvalue weighted by Crippen LogP contribution is -2.52. The number of fused-ring (bicyclic) bond motifs is 1. The first-order valence-corrected chi connectivity index (χ1v) is 8.23. The molecule has 0 aliphatic carbocycles. The topological polar surface area (TPSA) is 33.0 Å². The van der Waals surface area contributed by atoms with E-state index in [1.807, 2.05) is 53.2 Å². The number of pyridine rings is 1. The van der Waals surface area contributed by atoms with Gasteiger partial charge in [0.2, 0.25) is 11.2 Å². The van der Waals surface area contributed by atoms with Crippen molar-refractivity contribution in [1.82, 2.24) is 0 Å². The van der Waals surface area contributed by atoms with E-state index in [1.54, 1.807) is 0 Å². The van der Waals surface area contributed by atoms with E-state index in [-0.39, 0.29) is 11.3 Å². The van der Waals surface area contributed by atoms with Gasteiger partial charge in [-0.1, -0.05) is 55.8 Å². The minimum atomic E-state index is -0.105. The number of benzene rings is 2. The summed E-state index contributed by atoms with van der Waals surface area (Å²) >= 11 is 0. The standard InChI is InChI=1S/C21H22N2O/c1-21(2,3)15-18-14-13-16-9-7-8-12-19(16)23(18)22-20(24)17-10-5-4-6-11-17/h4-14H,15H2,1-3H3/p+1. The van der Waals surface area contributed by atoms with E-state index in [9.17, 15) is 4.79 Å². The fraction of sp³-hybridized carbons (Fsp3) is 0.238. The highest BCUT2D eigenvalue weighted by molar-refractivity contribution is 5.99. The van der Waals surface area contributed by atoms with E-state index in [0.717, 1.165) is 23.0 Å². The molecule has 0 radical (unpaired) electrons. The van der Waals surface area contributed by atoms with Crippen molar-refractivity contribution in [2.45, 2.75) is 27.2 Å². The van der Waals surface area contributed by atoms with E-state index >= 15 is 0 Å². The molecule has 3 nitrogen and oxygen atoms in total. The Balaban J connectivity index is 2.06. The molecule has 3 rings (SSSR count). The molecule has 0 bridgehead atoms. The summed E-state index contributed by atoms with van der Waals surface area (Å²) < 4.78 is 1.93. The van der Waals surface area contributed by atoms with Crippen LogP contribution in [0.4, 0.5) is 0 Å². The molecule has 0 saturated heterocycles. The smallest absolute Gasteiger partial charge is 0.264 e. The molecule has 0 aliphatic heterocycles. The zero-order valence-electron chi connectivity index (χ0n) is 14.4. The molecule has 24 heavy (non-hydrogen) atoms. The number of nitrogens with one attached hydrogen (secondary N) is 1. The average Bonchev–Trinajstić information content (AvgIpc) is 2.56. The molecule has 0 spiro atoms. The average molecular weight is 319 g/mol. The number of hydrogen-bond acceptors (Lipinski definition) is 1. The van der Waals surface area contributed by atoms with Crippen molar-refractivity contribution in [3.8, 4) is 0 Å². The van der Waals surface area contributed by atoms with Gasteiger partial charge in [-0.05, 0) is 29.7 Å². The number of rotatable bonds is 3. The molecule has 1 amide bonds. The van der Waals surface area contributed by atoms with Crippen LogP contribution in [0.15, 0.2) is 66.7 Å². The minimum absolute atomic E-state index is 0.105. The number of para-hydroxylation sites is 1. The van der Waals surface area contributed by atoms with Crippen molar-refractivity contribution in [2.24, 2.45) is 5.41 Å². The SMILES string of the molecule is CC(C)(C)Cc1ccc2ccccc2[n+]1NC(=O)c1ccccc1. The van der Waals surface area contributed by atoms with Crippen LogP contribution in [0.3, 0.4) is 0 Å². The highest BCUT2D eigenvalue weighted by Crippen LogP contribution is 2.20. The van der Waals surface area contributed by atoms with Crippen LogP contribution in [0.5, 0.6) is 0 Å². The molecular formula is C21H23N2O+. The summed E-state index contributed by atoms with van der Waals surface area (Å²) in [4.78, 5) is 12.6. The third-order valence-corrected chi connectivity index (χ3v) is 3.88. The van der Waals surface area contributed by atoms with Crippen molar-refractivity contribution in [3.05, 3.63) is 78.0 Å². The number of carbonyl (C=O) groups is 1. The molecule has 0 saturated carbocycles. The second-order valence-electron chi connectivity index (χ2n) is 7.26. The number of nitrogens with zero attached hydrogens (tertiary/aromatic N) is 1. The van der Waals surface area contributed by atoms with Crippen LogP contribution in [0.2, 0.25) is 0 Å². The van der Waals surface area contributed by atoms with Gasteiger partial charge in [-0.25, -0.2) is 0 Å². The number of aromatic nitrogens is 1. The quantitative estimate of drug-likeness (QED) is 0.724. The maximum Gasteiger partial charge on any atom is 0.305 e. The predicted molar refractivity (Wildman–Crippen MR) is 97.4 cm³/mol. The molecule has 1 heterocycles. The molecule has 1 aromatic heterocycles. The number of hydrogen-bond donors (Lipinski definition) is 1. The Bertz CT molecular complexity index is 864. The fourth-order valence-electron chi connectivity index (χ4n) is 2.82. The van der Waals surface area contributed by atoms with Crippen molar-refractivity contribution >= 4 is 16.8 Å². The third kappa shape index (κ3) is 3.62. The number of amides is 1. The Morgan fingerprint density at radius 2 is 1.58 bits per heavy atom. The lowest BCUT2D eigenvalue weighted by molar-refractivity contribution is -0.623. The number of carbonyl (C=O) groups excluding carboxylic acids is 1. The van der Waals surface area contributed by atoms with Crippen molar-refractivity contribution in [2.75, 3.05) is 5.43 Å². The minimum Gasteiger partial charge on any atom is -0.264 e. The molecule has 0 atom stereocenters. The zero-order chi connectivity index (χ0) is 17.2. The van der Waals surface area contributed by atoms with E-state index in [0.29, 0.717) is 5.56 Å². The van der Waals surface area contributed by atoms with Crippen molar-refractivity contribution < 1.29 is 9.47 Å². The Labute approximate surface area is 142 Å². The molecule has 0 unspecified atom stereocenters. The maximum absolute atomic E-state index is 12.6. The summed E-state index contributed by atoms with van der Waals surface area (Å²) in [6.07, 6.45) is 0.868. The fourth-order valence-corrected chi connectivity index (χ4v) is 2.82. The van der Waals surface area contributed by atoms with Gasteiger partial charge in [0.05, 0.1) is 0 Å². The van der Waals surface area contributed by atoms with Gasteiger partial charge in [0.15, 0.2) is 0 Å². The summed E-state index contributed by atoms with van der Waals surface area (Å²) in [5, 5.41) is 1.10. The molecule has 2 aromatic carbocycles. The first kappa shape index (κ1) is 16.2. The normalized spacial score (nSPS) is 11.5. The van der Waals surface area contributed by atoms with Gasteiger partial charge >= 0.3 is 5.91 Å². The summed E-state index contributed by atoms with van der Waals surface area (Å²) in [6, 6.07) is 21.6. The van der Waals surface area contributed by atoms with Crippen LogP contribution in [0.1, 0.15) is 36.8 Å². The summed E-state index contributed by atoms with van der Waals surface area (Å²) in [7, 11) is 0. The van der Waals surface area contributed by atoms with E-state index < -0.39 is 0 Å². The summed E-state index contributed by atoms with van der Waals surface area (Å²) in [5.74, 6) is -0.105. The van der Waals surface area contributed by atoms with Gasteiger partial charge in [0.1, 0.15) is 0 Å². The zero-order valence-corrected chi connectivity index (χ0v) is 14.4. The highest BCUT2D eigenvalue weighted by atomic mass is 16.2. The second-order valence-corrected chi connectivity index (χ2v) is 7.26. The summed E-state index contributed by atoms with van der Waals surface area (Å²) in [6.45, 7) is 6.60. The largest absolute Gasteiger partial charge is 0.305 e. The van der Waals surface area contributed by atoms with E-state index in [2.05, 4.69) is 44.4 Å². The molecular weight excluding hydrogens is 296 g/mol. The van der Waals surface area contributed by atoms with Crippen molar-refractivity contribution in [1.29, 1.82) is 0 Å². The second kappa shape index (κ2) is 6.44. The summed E-state index contributed by atoms with van der Waals surface area (Å²) in [5.41, 5.74) is 5.94. The molecule has 3 heteroatoms. The van der Waals surface area contributed by atoms with E-state index in [4.69, 9.17) is 0 Å². The van der Waals surface area contributed by atoms with Gasteiger partial charge < -0.3 is 0 Å². The Morgan fingerprint density at radius 1 is 0.917 bits per heavy atom. The molecule has 1 N–H and O–H groups in total. The first-order valence-electron chi connectivity index (χ1n) is 8.23. The van der Waals surface area contributed by atoms with Crippen LogP contribution < -0.4 is 10.1 Å². The molecule has 3 aromatic rings. The lowest BCUT2D eigenvalue weighted by atomic mass is 9.90. The molecule has 0 aliphatic rings. The third-order valence-electron chi connectivity index (χ3n) is 3.88. The monoisotopic (exact) mass is 319 g/mol. The van der Waals surface area contributed by atoms with Crippen LogP contribution in [0.25, 0.3) is 10.9 Å². The van der Waals surface area contributed by atoms with Gasteiger partial charge in [-0.2, -0.15) is 0 Å². The Morgan fingerprint density at radius 3 is 2.29 bits per heavy atom. The predicted octanol–water partition coefficient (Wildman–Crippen LogP) is 4.10. The van der Waals surface area contributed by atoms with Crippen LogP contribution in [-0.2, 0) is 6.42 Å². The lowest BCUT2D eigenvalue weighted by Gasteiger charge is -2.17. The van der Waals surface area contributed by atoms with Crippen LogP contribution >= 0.6 is 0 Å². The van der Waals surface area contributed by atoms with Crippen LogP contribution in [0, 0.1) is 5.41 Å². The highest BCUT2D eigenvalue weighted by Gasteiger charge is 2.24.